The van der Waals surface area contributed by atoms with Crippen molar-refractivity contribution >= 4 is 39.6 Å². The van der Waals surface area contributed by atoms with Gasteiger partial charge < -0.3 is 10.2 Å². The van der Waals surface area contributed by atoms with Gasteiger partial charge in [0.1, 0.15) is 5.52 Å². The molecule has 120 valence electrons. The first-order valence-corrected chi connectivity index (χ1v) is 7.95. The molecule has 3 aromatic heterocycles. The largest absolute Gasteiger partial charge is 0.359 e. The molecule has 0 saturated carbocycles. The van der Waals surface area contributed by atoms with Crippen molar-refractivity contribution in [3.63, 3.8) is 0 Å². The summed E-state index contributed by atoms with van der Waals surface area (Å²) < 4.78 is 4.39. The summed E-state index contributed by atoms with van der Waals surface area (Å²) in [5.41, 5.74) is 2.33. The van der Waals surface area contributed by atoms with Crippen LogP contribution >= 0.6 is 11.8 Å². The minimum atomic E-state index is -0.408. The number of rotatable bonds is 4. The first-order chi connectivity index (χ1) is 11.6. The highest BCUT2D eigenvalue weighted by Crippen LogP contribution is 2.23. The van der Waals surface area contributed by atoms with E-state index in [4.69, 9.17) is 0 Å². The van der Waals surface area contributed by atoms with Gasteiger partial charge in [0.2, 0.25) is 16.6 Å². The van der Waals surface area contributed by atoms with E-state index >= 15 is 0 Å². The summed E-state index contributed by atoms with van der Waals surface area (Å²) in [7, 11) is 0. The number of carbonyl (C=O) groups excluding carboxylic acids is 1. The fourth-order valence-electron chi connectivity index (χ4n) is 2.38. The van der Waals surface area contributed by atoms with Crippen LogP contribution in [0.5, 0.6) is 0 Å². The maximum atomic E-state index is 12.1. The lowest BCUT2D eigenvalue weighted by atomic mass is 10.2. The number of aromatic nitrogens is 6. The fourth-order valence-corrected chi connectivity index (χ4v) is 3.03. The Morgan fingerprint density at radius 1 is 1.38 bits per heavy atom. The summed E-state index contributed by atoms with van der Waals surface area (Å²) in [6.07, 6.45) is 0. The predicted octanol–water partition coefficient (Wildman–Crippen LogP) is 1.41. The summed E-state index contributed by atoms with van der Waals surface area (Å²) in [6, 6.07) is 7.69. The van der Waals surface area contributed by atoms with Gasteiger partial charge in [0.05, 0.1) is 5.75 Å². The zero-order valence-corrected chi connectivity index (χ0v) is 13.2. The highest BCUT2D eigenvalue weighted by Gasteiger charge is 2.23. The molecule has 0 radical (unpaired) electrons. The number of fused-ring (bicyclic) bond motifs is 3. The molecule has 0 aliphatic rings. The number of H-pyrrole nitrogens is 1. The molecule has 0 bridgehead atoms. The fraction of sp³-hybridized carbons (Fsp3) is 0.143. The zero-order chi connectivity index (χ0) is 16.7. The van der Waals surface area contributed by atoms with Gasteiger partial charge in [-0.1, -0.05) is 30.0 Å². The van der Waals surface area contributed by atoms with Crippen molar-refractivity contribution in [2.45, 2.75) is 12.1 Å². The van der Waals surface area contributed by atoms with Crippen molar-refractivity contribution in [3.8, 4) is 0 Å². The van der Waals surface area contributed by atoms with Crippen LogP contribution in [-0.2, 0) is 0 Å². The van der Waals surface area contributed by atoms with Gasteiger partial charge in [-0.3, -0.25) is 9.42 Å². The Bertz CT molecular complexity index is 1050. The lowest BCUT2D eigenvalue weighted by molar-refractivity contribution is -0.803. The molecule has 24 heavy (non-hydrogen) atoms. The second-order valence-corrected chi connectivity index (χ2v) is 5.98. The molecule has 4 aromatic rings. The smallest absolute Gasteiger partial charge is 0.264 e. The standard InChI is InChI=1S/C14H10N6O3S/c1-7-12(20(22)23-19-7)10(21)6-24-14-16-13-11(17-18-14)8-4-2-3-5-9(8)15-13/h2-5H,6H2,1H3,(H,15,16,18). The van der Waals surface area contributed by atoms with Crippen LogP contribution in [0.25, 0.3) is 22.1 Å². The number of aryl methyl sites for hydroxylation is 1. The van der Waals surface area contributed by atoms with Crippen LogP contribution in [0.3, 0.4) is 0 Å². The molecule has 0 unspecified atom stereocenters. The molecule has 0 aliphatic heterocycles. The number of carbonyl (C=O) groups is 1. The third-order valence-electron chi connectivity index (χ3n) is 3.48. The van der Waals surface area contributed by atoms with Gasteiger partial charge in [0, 0.05) is 23.0 Å². The Morgan fingerprint density at radius 3 is 3.00 bits per heavy atom. The number of para-hydroxylation sites is 1. The van der Waals surface area contributed by atoms with E-state index in [1.54, 1.807) is 0 Å². The average Bonchev–Trinajstić information content (AvgIpc) is 3.12. The van der Waals surface area contributed by atoms with Gasteiger partial charge >= 0.3 is 0 Å². The molecular formula is C14H10N6O3S. The Labute approximate surface area is 138 Å². The summed E-state index contributed by atoms with van der Waals surface area (Å²) in [5, 5.41) is 24.3. The van der Waals surface area contributed by atoms with E-state index in [1.807, 2.05) is 24.3 Å². The molecule has 0 saturated heterocycles. The second kappa shape index (κ2) is 5.57. The molecule has 0 aliphatic carbocycles. The van der Waals surface area contributed by atoms with Gasteiger partial charge in [-0.2, -0.15) is 0 Å². The molecule has 3 heterocycles. The lowest BCUT2D eigenvalue weighted by Crippen LogP contribution is -2.32. The molecule has 0 atom stereocenters. The van der Waals surface area contributed by atoms with Crippen molar-refractivity contribution < 1.29 is 14.3 Å². The van der Waals surface area contributed by atoms with Crippen LogP contribution in [0.1, 0.15) is 16.2 Å². The molecule has 1 N–H and O–H groups in total. The van der Waals surface area contributed by atoms with Crippen molar-refractivity contribution in [2.75, 3.05) is 5.75 Å². The summed E-state index contributed by atoms with van der Waals surface area (Å²) >= 11 is 1.09. The van der Waals surface area contributed by atoms with E-state index in [1.165, 1.54) is 6.92 Å². The van der Waals surface area contributed by atoms with E-state index in [0.29, 0.717) is 16.3 Å². The molecular weight excluding hydrogens is 332 g/mol. The Kier molecular flexibility index (Phi) is 3.38. The molecule has 10 heteroatoms. The lowest BCUT2D eigenvalue weighted by Gasteiger charge is -1.98. The predicted molar refractivity (Wildman–Crippen MR) is 84.4 cm³/mol. The third kappa shape index (κ3) is 2.36. The Morgan fingerprint density at radius 2 is 2.21 bits per heavy atom. The minimum absolute atomic E-state index is 0.0162. The van der Waals surface area contributed by atoms with Gasteiger partial charge in [-0.05, 0) is 11.0 Å². The summed E-state index contributed by atoms with van der Waals surface area (Å²) in [4.78, 5) is 19.7. The highest BCUT2D eigenvalue weighted by atomic mass is 32.2. The summed E-state index contributed by atoms with van der Waals surface area (Å²) in [6.45, 7) is 1.53. The number of benzene rings is 1. The van der Waals surface area contributed by atoms with Gasteiger partial charge in [0.25, 0.3) is 5.69 Å². The monoisotopic (exact) mass is 342 g/mol. The van der Waals surface area contributed by atoms with Crippen LogP contribution in [0, 0.1) is 12.1 Å². The Balaban J connectivity index is 1.59. The van der Waals surface area contributed by atoms with E-state index in [2.05, 4.69) is 30.0 Å². The van der Waals surface area contributed by atoms with E-state index in [9.17, 15) is 10.0 Å². The quantitative estimate of drug-likeness (QED) is 0.335. The van der Waals surface area contributed by atoms with Crippen molar-refractivity contribution in [1.29, 1.82) is 0 Å². The van der Waals surface area contributed by atoms with Gasteiger partial charge in [-0.25, -0.2) is 4.98 Å². The first-order valence-electron chi connectivity index (χ1n) is 6.97. The van der Waals surface area contributed by atoms with Crippen LogP contribution in [0.15, 0.2) is 34.1 Å². The van der Waals surface area contributed by atoms with Crippen LogP contribution in [0.2, 0.25) is 0 Å². The van der Waals surface area contributed by atoms with Crippen LogP contribution in [-0.4, -0.2) is 36.9 Å². The van der Waals surface area contributed by atoms with Gasteiger partial charge in [-0.15, -0.1) is 10.2 Å². The normalized spacial score (nSPS) is 11.4. The molecule has 9 nitrogen and oxygen atoms in total. The SMILES string of the molecule is Cc1no[n+]([O-])c1C(=O)CSc1nnc2c(n1)[nH]c1ccccc12. The number of Topliss-reactive ketones (excluding diaryl/α,β-unsaturated/α-hetero) is 1. The topological polar surface area (TPSA) is 124 Å². The molecule has 1 aromatic carbocycles. The number of hydrogen-bond donors (Lipinski definition) is 1. The second-order valence-electron chi connectivity index (χ2n) is 5.04. The van der Waals surface area contributed by atoms with Crippen molar-refractivity contribution in [1.82, 2.24) is 25.3 Å². The van der Waals surface area contributed by atoms with Crippen molar-refractivity contribution in [3.05, 3.63) is 40.9 Å². The number of hydrogen-bond acceptors (Lipinski definition) is 8. The van der Waals surface area contributed by atoms with Gasteiger partial charge in [0.15, 0.2) is 5.65 Å². The molecule has 0 fully saturated rings. The molecule has 0 amide bonds. The maximum absolute atomic E-state index is 12.1. The number of thioether (sulfide) groups is 1. The van der Waals surface area contributed by atoms with E-state index in [0.717, 1.165) is 22.7 Å². The molecule has 4 rings (SSSR count). The summed E-state index contributed by atoms with van der Waals surface area (Å²) in [5.74, 6) is -0.424. The maximum Gasteiger partial charge on any atom is 0.264 e. The van der Waals surface area contributed by atoms with Crippen LogP contribution in [0.4, 0.5) is 0 Å². The van der Waals surface area contributed by atoms with Crippen LogP contribution < -0.4 is 4.90 Å². The van der Waals surface area contributed by atoms with E-state index in [-0.39, 0.29) is 22.0 Å². The number of nitrogens with zero attached hydrogens (tertiary/aromatic N) is 5. The van der Waals surface area contributed by atoms with Crippen molar-refractivity contribution in [2.24, 2.45) is 0 Å². The van der Waals surface area contributed by atoms with E-state index < -0.39 is 5.78 Å². The highest BCUT2D eigenvalue weighted by molar-refractivity contribution is 7.99. The first kappa shape index (κ1) is 14.6. The average molecular weight is 342 g/mol. The number of ketones is 1. The zero-order valence-electron chi connectivity index (χ0n) is 12.4. The Hall–Kier alpha value is -3.01. The molecule has 0 spiro atoms. The third-order valence-corrected chi connectivity index (χ3v) is 4.31. The number of nitrogens with one attached hydrogen (secondary N) is 1. The number of aromatic amines is 1. The minimum Gasteiger partial charge on any atom is -0.359 e.